The lowest BCUT2D eigenvalue weighted by atomic mass is 10.2. The average molecular weight is 161 g/mol. The first-order valence-electron chi connectivity index (χ1n) is 3.77. The van der Waals surface area contributed by atoms with Crippen LogP contribution in [0.5, 0.6) is 0 Å². The molecular formula is C8H19NS. The zero-order valence-electron chi connectivity index (χ0n) is 7.68. The normalized spacial score (nSPS) is 13.2. The van der Waals surface area contributed by atoms with Gasteiger partial charge in [0.25, 0.3) is 0 Å². The molecule has 0 N–H and O–H groups in total. The van der Waals surface area contributed by atoms with Crippen LogP contribution in [-0.2, 0) is 0 Å². The van der Waals surface area contributed by atoms with Gasteiger partial charge in [-0.05, 0) is 26.8 Å². The fourth-order valence-electron chi connectivity index (χ4n) is 0.771. The van der Waals surface area contributed by atoms with Gasteiger partial charge in [0.2, 0.25) is 0 Å². The van der Waals surface area contributed by atoms with E-state index in [1.165, 1.54) is 0 Å². The van der Waals surface area contributed by atoms with Gasteiger partial charge in [-0.25, -0.2) is 0 Å². The molecule has 62 valence electrons. The topological polar surface area (TPSA) is 3.24 Å². The van der Waals surface area contributed by atoms with Crippen LogP contribution >= 0.6 is 12.6 Å². The van der Waals surface area contributed by atoms with Crippen molar-refractivity contribution in [1.29, 1.82) is 0 Å². The van der Waals surface area contributed by atoms with Gasteiger partial charge in [0.1, 0.15) is 0 Å². The van der Waals surface area contributed by atoms with Crippen molar-refractivity contribution in [2.75, 3.05) is 13.6 Å². The van der Waals surface area contributed by atoms with Gasteiger partial charge < -0.3 is 0 Å². The average Bonchev–Trinajstić information content (AvgIpc) is 1.60. The van der Waals surface area contributed by atoms with Crippen molar-refractivity contribution >= 4 is 12.6 Å². The Bertz CT molecular complexity index is 93.9. The Morgan fingerprint density at radius 2 is 1.80 bits per heavy atom. The molecule has 2 heteroatoms. The van der Waals surface area contributed by atoms with Crippen molar-refractivity contribution in [2.24, 2.45) is 5.92 Å². The number of rotatable bonds is 3. The lowest BCUT2D eigenvalue weighted by molar-refractivity contribution is 0.220. The van der Waals surface area contributed by atoms with E-state index in [1.54, 1.807) is 0 Å². The van der Waals surface area contributed by atoms with Crippen molar-refractivity contribution in [3.63, 3.8) is 0 Å². The van der Waals surface area contributed by atoms with Gasteiger partial charge in [-0.3, -0.25) is 4.90 Å². The first kappa shape index (κ1) is 10.3. The maximum absolute atomic E-state index is 4.45. The minimum absolute atomic E-state index is 0.0181. The summed E-state index contributed by atoms with van der Waals surface area (Å²) in [7, 11) is 2.10. The fourth-order valence-corrected chi connectivity index (χ4v) is 0.853. The smallest absolute Gasteiger partial charge is 0.0581 e. The van der Waals surface area contributed by atoms with Crippen molar-refractivity contribution in [2.45, 2.75) is 32.6 Å². The molecule has 0 fully saturated rings. The van der Waals surface area contributed by atoms with Gasteiger partial charge in [0, 0.05) is 6.54 Å². The fraction of sp³-hybridized carbons (Fsp3) is 1.00. The molecule has 10 heavy (non-hydrogen) atoms. The van der Waals surface area contributed by atoms with E-state index in [1.807, 2.05) is 0 Å². The van der Waals surface area contributed by atoms with Gasteiger partial charge in [0.15, 0.2) is 0 Å². The molecule has 0 saturated carbocycles. The third kappa shape index (κ3) is 4.18. The Labute approximate surface area is 70.2 Å². The second-order valence-corrected chi connectivity index (χ2v) is 4.86. The van der Waals surface area contributed by atoms with Gasteiger partial charge in [-0.15, -0.1) is 0 Å². The minimum atomic E-state index is 0.0181. The molecule has 0 aromatic heterocycles. The molecule has 0 atom stereocenters. The predicted molar refractivity (Wildman–Crippen MR) is 50.5 cm³/mol. The standard InChI is InChI=1S/C8H19NS/c1-7(2)6-9(5)8(3,4)10/h7,10H,6H2,1-5H3. The van der Waals surface area contributed by atoms with E-state index >= 15 is 0 Å². The number of hydrogen-bond donors (Lipinski definition) is 1. The van der Waals surface area contributed by atoms with Crippen molar-refractivity contribution in [3.8, 4) is 0 Å². The van der Waals surface area contributed by atoms with Crippen molar-refractivity contribution in [1.82, 2.24) is 4.90 Å². The van der Waals surface area contributed by atoms with Crippen LogP contribution in [0.3, 0.4) is 0 Å². The molecule has 0 spiro atoms. The van der Waals surface area contributed by atoms with E-state index in [0.29, 0.717) is 0 Å². The summed E-state index contributed by atoms with van der Waals surface area (Å²) in [6.45, 7) is 9.76. The minimum Gasteiger partial charge on any atom is -0.292 e. The zero-order chi connectivity index (χ0) is 8.36. The highest BCUT2D eigenvalue weighted by Gasteiger charge is 2.17. The summed E-state index contributed by atoms with van der Waals surface area (Å²) in [5.41, 5.74) is 0. The van der Waals surface area contributed by atoms with E-state index in [9.17, 15) is 0 Å². The highest BCUT2D eigenvalue weighted by molar-refractivity contribution is 7.81. The molecular weight excluding hydrogens is 142 g/mol. The van der Waals surface area contributed by atoms with Crippen LogP contribution in [-0.4, -0.2) is 23.4 Å². The van der Waals surface area contributed by atoms with Gasteiger partial charge in [-0.1, -0.05) is 13.8 Å². The summed E-state index contributed by atoms with van der Waals surface area (Å²) in [4.78, 5) is 2.27. The summed E-state index contributed by atoms with van der Waals surface area (Å²) in [6, 6.07) is 0. The van der Waals surface area contributed by atoms with E-state index in [-0.39, 0.29) is 4.87 Å². The van der Waals surface area contributed by atoms with Gasteiger partial charge in [0.05, 0.1) is 4.87 Å². The monoisotopic (exact) mass is 161 g/mol. The highest BCUT2D eigenvalue weighted by atomic mass is 32.1. The Kier molecular flexibility index (Phi) is 3.74. The molecule has 0 unspecified atom stereocenters. The quantitative estimate of drug-likeness (QED) is 0.491. The Morgan fingerprint density at radius 1 is 1.40 bits per heavy atom. The maximum atomic E-state index is 4.45. The summed E-state index contributed by atoms with van der Waals surface area (Å²) in [5, 5.41) is 0. The molecule has 0 heterocycles. The van der Waals surface area contributed by atoms with Gasteiger partial charge in [-0.2, -0.15) is 12.6 Å². The molecule has 0 aromatic rings. The van der Waals surface area contributed by atoms with Crippen LogP contribution in [0.2, 0.25) is 0 Å². The number of hydrogen-bond acceptors (Lipinski definition) is 2. The lowest BCUT2D eigenvalue weighted by Gasteiger charge is -2.32. The number of thiol groups is 1. The lowest BCUT2D eigenvalue weighted by Crippen LogP contribution is -2.38. The molecule has 0 aromatic carbocycles. The van der Waals surface area contributed by atoms with E-state index < -0.39 is 0 Å². The SMILES string of the molecule is CC(C)CN(C)C(C)(C)S. The zero-order valence-corrected chi connectivity index (χ0v) is 8.57. The van der Waals surface area contributed by atoms with Crippen molar-refractivity contribution in [3.05, 3.63) is 0 Å². The van der Waals surface area contributed by atoms with E-state index in [0.717, 1.165) is 12.5 Å². The van der Waals surface area contributed by atoms with E-state index in [4.69, 9.17) is 0 Å². The van der Waals surface area contributed by atoms with Crippen LogP contribution in [0, 0.1) is 5.92 Å². The van der Waals surface area contributed by atoms with E-state index in [2.05, 4.69) is 52.3 Å². The largest absolute Gasteiger partial charge is 0.292 e. The van der Waals surface area contributed by atoms with Crippen LogP contribution in [0.1, 0.15) is 27.7 Å². The summed E-state index contributed by atoms with van der Waals surface area (Å²) in [6.07, 6.45) is 0. The summed E-state index contributed by atoms with van der Waals surface area (Å²) in [5.74, 6) is 0.719. The Morgan fingerprint density at radius 3 is 1.90 bits per heavy atom. The molecule has 0 radical (unpaired) electrons. The summed E-state index contributed by atoms with van der Waals surface area (Å²) >= 11 is 4.45. The number of nitrogens with zero attached hydrogens (tertiary/aromatic N) is 1. The molecule has 0 amide bonds. The highest BCUT2D eigenvalue weighted by Crippen LogP contribution is 2.17. The molecule has 0 bridgehead atoms. The summed E-state index contributed by atoms with van der Waals surface area (Å²) < 4.78 is 0. The van der Waals surface area contributed by atoms with Crippen LogP contribution in [0.25, 0.3) is 0 Å². The maximum Gasteiger partial charge on any atom is 0.0581 e. The van der Waals surface area contributed by atoms with Crippen LogP contribution < -0.4 is 0 Å². The van der Waals surface area contributed by atoms with Crippen molar-refractivity contribution < 1.29 is 0 Å². The molecule has 0 aliphatic carbocycles. The molecule has 0 aliphatic heterocycles. The van der Waals surface area contributed by atoms with Crippen LogP contribution in [0.4, 0.5) is 0 Å². The molecule has 0 rings (SSSR count). The Hall–Kier alpha value is 0.310. The van der Waals surface area contributed by atoms with Gasteiger partial charge >= 0.3 is 0 Å². The van der Waals surface area contributed by atoms with Crippen LogP contribution in [0.15, 0.2) is 0 Å². The Balaban J connectivity index is 3.73. The predicted octanol–water partition coefficient (Wildman–Crippen LogP) is 2.24. The molecule has 0 aliphatic rings. The first-order chi connectivity index (χ1) is 4.34. The second-order valence-electron chi connectivity index (χ2n) is 3.77. The third-order valence-corrected chi connectivity index (χ3v) is 1.91. The first-order valence-corrected chi connectivity index (χ1v) is 4.22. The third-order valence-electron chi connectivity index (χ3n) is 1.57. The second kappa shape index (κ2) is 3.63. The molecule has 0 saturated heterocycles. The molecule has 1 nitrogen and oxygen atoms in total.